The molecule has 0 aliphatic carbocycles. The summed E-state index contributed by atoms with van der Waals surface area (Å²) in [6, 6.07) is 0. The average Bonchev–Trinajstić information content (AvgIpc) is 3.35. The van der Waals surface area contributed by atoms with E-state index in [9.17, 15) is 14.4 Å². The first-order valence-corrected chi connectivity index (χ1v) is 29.8. The van der Waals surface area contributed by atoms with Crippen molar-refractivity contribution in [1.29, 1.82) is 0 Å². The normalized spacial score (nSPS) is 12.4. The van der Waals surface area contributed by atoms with Crippen molar-refractivity contribution < 1.29 is 28.6 Å². The number of unbranched alkanes of at least 4 members (excludes halogenated alkanes) is 33. The van der Waals surface area contributed by atoms with E-state index in [-0.39, 0.29) is 31.1 Å². The fourth-order valence-corrected chi connectivity index (χ4v) is 8.59. The van der Waals surface area contributed by atoms with E-state index in [1.54, 1.807) is 0 Å². The van der Waals surface area contributed by atoms with Gasteiger partial charge in [0.05, 0.1) is 0 Å². The van der Waals surface area contributed by atoms with Crippen molar-refractivity contribution in [2.24, 2.45) is 0 Å². The minimum atomic E-state index is -0.767. The highest BCUT2D eigenvalue weighted by Crippen LogP contribution is 2.17. The number of carbonyl (C=O) groups excluding carboxylic acids is 3. The molecule has 6 heteroatoms. The Bertz CT molecular complexity index is 1250. The Hall–Kier alpha value is -2.89. The molecule has 0 aliphatic rings. The summed E-state index contributed by atoms with van der Waals surface area (Å²) in [5.41, 5.74) is 0. The van der Waals surface area contributed by atoms with Crippen LogP contribution in [-0.2, 0) is 28.6 Å². The minimum absolute atomic E-state index is 0.0704. The van der Waals surface area contributed by atoms with E-state index in [1.807, 2.05) is 0 Å². The molecule has 0 bridgehead atoms. The number of hydrogen-bond acceptors (Lipinski definition) is 6. The molecule has 0 saturated heterocycles. The fraction of sp³-hybridized carbons (Fsp3) is 0.794. The molecular formula is C63H112O6. The Morgan fingerprint density at radius 3 is 0.884 bits per heavy atom. The van der Waals surface area contributed by atoms with Gasteiger partial charge in [0.2, 0.25) is 0 Å². The summed E-state index contributed by atoms with van der Waals surface area (Å²) < 4.78 is 16.8. The van der Waals surface area contributed by atoms with Gasteiger partial charge in [0.1, 0.15) is 13.2 Å². The maximum Gasteiger partial charge on any atom is 0.306 e. The summed E-state index contributed by atoms with van der Waals surface area (Å²) in [6.45, 7) is 6.50. The molecule has 0 rings (SSSR count). The smallest absolute Gasteiger partial charge is 0.306 e. The Labute approximate surface area is 428 Å². The van der Waals surface area contributed by atoms with E-state index in [0.717, 1.165) is 89.9 Å². The summed E-state index contributed by atoms with van der Waals surface area (Å²) in [5.74, 6) is -0.867. The van der Waals surface area contributed by atoms with Crippen LogP contribution in [0.2, 0.25) is 0 Å². The van der Waals surface area contributed by atoms with Crippen molar-refractivity contribution in [1.82, 2.24) is 0 Å². The first-order valence-electron chi connectivity index (χ1n) is 29.8. The molecule has 1 atom stereocenters. The van der Waals surface area contributed by atoms with E-state index in [4.69, 9.17) is 14.2 Å². The van der Waals surface area contributed by atoms with Crippen LogP contribution in [0.4, 0.5) is 0 Å². The first kappa shape index (κ1) is 66.1. The van der Waals surface area contributed by atoms with Gasteiger partial charge < -0.3 is 14.2 Å². The van der Waals surface area contributed by atoms with E-state index in [1.165, 1.54) is 173 Å². The zero-order valence-corrected chi connectivity index (χ0v) is 45.8. The third kappa shape index (κ3) is 55.9. The molecule has 0 fully saturated rings. The maximum absolute atomic E-state index is 12.8. The highest BCUT2D eigenvalue weighted by atomic mass is 16.6. The van der Waals surface area contributed by atoms with Crippen LogP contribution in [0.3, 0.4) is 0 Å². The van der Waals surface area contributed by atoms with E-state index < -0.39 is 6.10 Å². The fourth-order valence-electron chi connectivity index (χ4n) is 8.59. The van der Waals surface area contributed by atoms with Gasteiger partial charge in [-0.15, -0.1) is 0 Å². The molecule has 0 aliphatic heterocycles. The number of esters is 3. The lowest BCUT2D eigenvalue weighted by atomic mass is 10.0. The van der Waals surface area contributed by atoms with Crippen molar-refractivity contribution in [3.63, 3.8) is 0 Å². The summed E-state index contributed by atoms with van der Waals surface area (Å²) in [7, 11) is 0. The van der Waals surface area contributed by atoms with Gasteiger partial charge in [0, 0.05) is 19.3 Å². The van der Waals surface area contributed by atoms with Crippen molar-refractivity contribution in [2.75, 3.05) is 13.2 Å². The van der Waals surface area contributed by atoms with E-state index in [0.29, 0.717) is 19.3 Å². The lowest BCUT2D eigenvalue weighted by Crippen LogP contribution is -2.30. The lowest BCUT2D eigenvalue weighted by molar-refractivity contribution is -0.167. The topological polar surface area (TPSA) is 78.9 Å². The Balaban J connectivity index is 4.04. The Kier molecular flexibility index (Phi) is 55.3. The third-order valence-corrected chi connectivity index (χ3v) is 13.0. The molecular weight excluding hydrogens is 853 g/mol. The molecule has 0 N–H and O–H groups in total. The molecule has 69 heavy (non-hydrogen) atoms. The standard InChI is InChI=1S/C63H112O6/c1-4-7-10-13-16-18-20-22-24-26-27-28-29-30-31-32-33-34-35-36-37-38-40-41-43-45-47-50-53-56-62(65)68-59-60(58-67-61(64)55-52-49-15-12-9-6-3)69-63(66)57-54-51-48-46-44-42-39-25-23-21-19-17-14-11-8-5-2/h7,10,16,18,22,24,27-28,30-31,60H,4-6,8-9,11-15,17,19-21,23,25-26,29,32-59H2,1-3H3/b10-7-,18-16-,24-22-,28-27-,31-30-. The monoisotopic (exact) mass is 965 g/mol. The van der Waals surface area contributed by atoms with Gasteiger partial charge in [-0.05, 0) is 64.2 Å². The van der Waals surface area contributed by atoms with Gasteiger partial charge >= 0.3 is 17.9 Å². The zero-order chi connectivity index (χ0) is 50.0. The number of hydrogen-bond donors (Lipinski definition) is 0. The molecule has 0 aromatic carbocycles. The molecule has 0 radical (unpaired) electrons. The SMILES string of the molecule is CC/C=C\C/C=C\C/C=C\C/C=C\C/C=C\CCCCCCCCCCCCCCCC(=O)OCC(COC(=O)CCCCCCCC)OC(=O)CCCCCCCCCCCCCCCCCC. The number of carbonyl (C=O) groups is 3. The van der Waals surface area contributed by atoms with Crippen LogP contribution in [0.25, 0.3) is 0 Å². The van der Waals surface area contributed by atoms with Crippen molar-refractivity contribution >= 4 is 17.9 Å². The van der Waals surface area contributed by atoms with Crippen LogP contribution in [0, 0.1) is 0 Å². The minimum Gasteiger partial charge on any atom is -0.462 e. The van der Waals surface area contributed by atoms with Crippen molar-refractivity contribution in [3.8, 4) is 0 Å². The Morgan fingerprint density at radius 2 is 0.565 bits per heavy atom. The van der Waals surface area contributed by atoms with Gasteiger partial charge in [0.15, 0.2) is 6.10 Å². The van der Waals surface area contributed by atoms with Gasteiger partial charge in [-0.3, -0.25) is 14.4 Å². The zero-order valence-electron chi connectivity index (χ0n) is 45.8. The number of rotatable bonds is 54. The van der Waals surface area contributed by atoms with Gasteiger partial charge in [0.25, 0.3) is 0 Å². The van der Waals surface area contributed by atoms with Gasteiger partial charge in [-0.25, -0.2) is 0 Å². The highest BCUT2D eigenvalue weighted by molar-refractivity contribution is 5.71. The third-order valence-electron chi connectivity index (χ3n) is 13.0. The van der Waals surface area contributed by atoms with Crippen LogP contribution in [0.15, 0.2) is 60.8 Å². The number of ether oxygens (including phenoxy) is 3. The largest absolute Gasteiger partial charge is 0.462 e. The van der Waals surface area contributed by atoms with E-state index in [2.05, 4.69) is 81.5 Å². The summed E-state index contributed by atoms with van der Waals surface area (Å²) in [6.07, 6.45) is 72.5. The lowest BCUT2D eigenvalue weighted by Gasteiger charge is -2.18. The maximum atomic E-state index is 12.8. The average molecular weight is 966 g/mol. The first-order chi connectivity index (χ1) is 34.0. The molecule has 0 aromatic heterocycles. The van der Waals surface area contributed by atoms with Gasteiger partial charge in [-0.1, -0.05) is 281 Å². The van der Waals surface area contributed by atoms with Crippen LogP contribution >= 0.6 is 0 Å². The second-order valence-electron chi connectivity index (χ2n) is 19.9. The predicted octanol–water partition coefficient (Wildman–Crippen LogP) is 20.0. The second kappa shape index (κ2) is 57.7. The molecule has 0 amide bonds. The summed E-state index contributed by atoms with van der Waals surface area (Å²) >= 11 is 0. The molecule has 400 valence electrons. The van der Waals surface area contributed by atoms with Crippen LogP contribution in [0.1, 0.15) is 303 Å². The van der Waals surface area contributed by atoms with E-state index >= 15 is 0 Å². The summed E-state index contributed by atoms with van der Waals surface area (Å²) in [5, 5.41) is 0. The summed E-state index contributed by atoms with van der Waals surface area (Å²) in [4.78, 5) is 37.9. The van der Waals surface area contributed by atoms with Crippen LogP contribution in [-0.4, -0.2) is 37.2 Å². The van der Waals surface area contributed by atoms with Crippen LogP contribution in [0.5, 0.6) is 0 Å². The number of allylic oxidation sites excluding steroid dienone is 10. The molecule has 0 saturated carbocycles. The highest BCUT2D eigenvalue weighted by Gasteiger charge is 2.19. The van der Waals surface area contributed by atoms with Gasteiger partial charge in [-0.2, -0.15) is 0 Å². The molecule has 0 spiro atoms. The van der Waals surface area contributed by atoms with Crippen molar-refractivity contribution in [3.05, 3.63) is 60.8 Å². The Morgan fingerprint density at radius 1 is 0.304 bits per heavy atom. The quantitative estimate of drug-likeness (QED) is 0.0262. The predicted molar refractivity (Wildman–Crippen MR) is 298 cm³/mol. The molecule has 1 unspecified atom stereocenters. The van der Waals surface area contributed by atoms with Crippen molar-refractivity contribution in [2.45, 2.75) is 309 Å². The molecule has 0 aromatic rings. The molecule has 6 nitrogen and oxygen atoms in total. The second-order valence-corrected chi connectivity index (χ2v) is 19.9. The molecule has 0 heterocycles. The van der Waals surface area contributed by atoms with Crippen LogP contribution < -0.4 is 0 Å².